The highest BCUT2D eigenvalue weighted by Gasteiger charge is 2.46. The number of benzene rings is 1. The standard InChI is InChI=1S/C28H35F3N8O3/c1-17-6-9-39(36-17)21-12-18(15-37(2)3)4-5-19(21)24(28(29,30)31)42-23-13-22(34-26(32)35-23)38-10-7-27(8-11-38)14-20(25(40)41)33-16-27/h4-6,9,12-13,20,24,33H,7-8,10-11,14-16H2,1-3H3,(H,40,41)(H2,32,34,35)/t20?,24-/m1/s1. The number of hydrogen-bond acceptors (Lipinski definition) is 9. The van der Waals surface area contributed by atoms with Gasteiger partial charge in [0.1, 0.15) is 11.9 Å². The van der Waals surface area contributed by atoms with Gasteiger partial charge in [-0.05, 0) is 63.4 Å². The van der Waals surface area contributed by atoms with Crippen LogP contribution in [0.4, 0.5) is 24.9 Å². The van der Waals surface area contributed by atoms with Crippen LogP contribution in [0.5, 0.6) is 5.88 Å². The number of carbonyl (C=O) groups is 1. The lowest BCUT2D eigenvalue weighted by molar-refractivity contribution is -0.198. The van der Waals surface area contributed by atoms with Gasteiger partial charge in [0.15, 0.2) is 0 Å². The number of nitrogen functional groups attached to an aromatic ring is 1. The second kappa shape index (κ2) is 11.4. The number of carboxylic acid groups (broad SMARTS) is 1. The number of alkyl halides is 3. The number of nitrogens with two attached hydrogens (primary N) is 1. The first-order valence-corrected chi connectivity index (χ1v) is 13.7. The van der Waals surface area contributed by atoms with Crippen LogP contribution in [0.15, 0.2) is 36.5 Å². The Morgan fingerprint density at radius 2 is 1.98 bits per heavy atom. The molecular formula is C28H35F3N8O3. The Hall–Kier alpha value is -3.91. The van der Waals surface area contributed by atoms with Crippen LogP contribution in [0.1, 0.15) is 42.2 Å². The third-order valence-corrected chi connectivity index (χ3v) is 7.89. The lowest BCUT2D eigenvalue weighted by Crippen LogP contribution is -2.41. The summed E-state index contributed by atoms with van der Waals surface area (Å²) in [6.45, 7) is 3.99. The van der Waals surface area contributed by atoms with Crippen LogP contribution in [0.2, 0.25) is 0 Å². The van der Waals surface area contributed by atoms with Gasteiger partial charge < -0.3 is 30.7 Å². The van der Waals surface area contributed by atoms with Crippen molar-refractivity contribution in [2.45, 2.75) is 51.1 Å². The predicted molar refractivity (Wildman–Crippen MR) is 149 cm³/mol. The molecule has 0 bridgehead atoms. The molecule has 0 aliphatic carbocycles. The minimum Gasteiger partial charge on any atom is -0.480 e. The number of rotatable bonds is 8. The molecule has 4 heterocycles. The van der Waals surface area contributed by atoms with E-state index in [0.717, 1.165) is 5.56 Å². The number of hydrogen-bond donors (Lipinski definition) is 3. The number of aryl methyl sites for hydroxylation is 1. The lowest BCUT2D eigenvalue weighted by atomic mass is 9.76. The van der Waals surface area contributed by atoms with Crippen molar-refractivity contribution in [2.75, 3.05) is 44.4 Å². The minimum absolute atomic E-state index is 0.117. The van der Waals surface area contributed by atoms with Crippen molar-refractivity contribution in [2.24, 2.45) is 5.41 Å². The van der Waals surface area contributed by atoms with Crippen molar-refractivity contribution in [1.29, 1.82) is 0 Å². The lowest BCUT2D eigenvalue weighted by Gasteiger charge is -2.39. The number of piperidine rings is 1. The molecule has 1 aromatic carbocycles. The molecular weight excluding hydrogens is 553 g/mol. The largest absolute Gasteiger partial charge is 0.480 e. The second-order valence-electron chi connectivity index (χ2n) is 11.5. The van der Waals surface area contributed by atoms with Gasteiger partial charge in [0.25, 0.3) is 0 Å². The molecule has 2 atom stereocenters. The van der Waals surface area contributed by atoms with Crippen LogP contribution in [0.3, 0.4) is 0 Å². The van der Waals surface area contributed by atoms with Crippen LogP contribution >= 0.6 is 0 Å². The molecule has 42 heavy (non-hydrogen) atoms. The quantitative estimate of drug-likeness (QED) is 0.360. The maximum absolute atomic E-state index is 14.6. The molecule has 0 radical (unpaired) electrons. The number of halogens is 3. The molecule has 2 fully saturated rings. The van der Waals surface area contributed by atoms with Crippen molar-refractivity contribution in [3.63, 3.8) is 0 Å². The van der Waals surface area contributed by atoms with Gasteiger partial charge in [-0.2, -0.15) is 28.2 Å². The van der Waals surface area contributed by atoms with E-state index in [0.29, 0.717) is 57.0 Å². The van der Waals surface area contributed by atoms with E-state index in [1.54, 1.807) is 31.3 Å². The minimum atomic E-state index is -4.78. The molecule has 2 aliphatic heterocycles. The molecule has 0 saturated carbocycles. The topological polar surface area (TPSA) is 135 Å². The van der Waals surface area contributed by atoms with Gasteiger partial charge in [-0.25, -0.2) is 4.68 Å². The third kappa shape index (κ3) is 6.44. The highest BCUT2D eigenvalue weighted by Crippen LogP contribution is 2.42. The molecule has 11 nitrogen and oxygen atoms in total. The molecule has 2 aromatic heterocycles. The summed E-state index contributed by atoms with van der Waals surface area (Å²) in [6.07, 6.45) is -3.57. The summed E-state index contributed by atoms with van der Waals surface area (Å²) >= 11 is 0. The van der Waals surface area contributed by atoms with E-state index in [2.05, 4.69) is 20.4 Å². The van der Waals surface area contributed by atoms with E-state index < -0.39 is 24.3 Å². The fourth-order valence-electron chi connectivity index (χ4n) is 5.78. The average Bonchev–Trinajstić information content (AvgIpc) is 3.53. The summed E-state index contributed by atoms with van der Waals surface area (Å²) in [5.41, 5.74) is 7.41. The molecule has 3 aromatic rings. The predicted octanol–water partition coefficient (Wildman–Crippen LogP) is 3.33. The third-order valence-electron chi connectivity index (χ3n) is 7.89. The zero-order valence-electron chi connectivity index (χ0n) is 23.7. The molecule has 2 aliphatic rings. The zero-order chi connectivity index (χ0) is 30.2. The van der Waals surface area contributed by atoms with Gasteiger partial charge in [0, 0.05) is 44.0 Å². The van der Waals surface area contributed by atoms with Gasteiger partial charge in [-0.15, -0.1) is 0 Å². The number of ether oxygens (including phenoxy) is 1. The fourth-order valence-corrected chi connectivity index (χ4v) is 5.78. The second-order valence-corrected chi connectivity index (χ2v) is 11.5. The molecule has 226 valence electrons. The van der Waals surface area contributed by atoms with Crippen LogP contribution in [0.25, 0.3) is 5.69 Å². The summed E-state index contributed by atoms with van der Waals surface area (Å²) in [6, 6.07) is 7.26. The van der Waals surface area contributed by atoms with E-state index in [-0.39, 0.29) is 28.5 Å². The molecule has 5 rings (SSSR count). The molecule has 14 heteroatoms. The number of aromatic nitrogens is 4. The van der Waals surface area contributed by atoms with E-state index >= 15 is 0 Å². The summed E-state index contributed by atoms with van der Waals surface area (Å²) in [5.74, 6) is -1.01. The van der Waals surface area contributed by atoms with Crippen molar-refractivity contribution in [3.8, 4) is 11.6 Å². The number of carboxylic acids is 1. The molecule has 1 spiro atoms. The number of aliphatic carboxylic acids is 1. The van der Waals surface area contributed by atoms with Crippen molar-refractivity contribution in [3.05, 3.63) is 53.3 Å². The maximum Gasteiger partial charge on any atom is 0.429 e. The maximum atomic E-state index is 14.6. The van der Waals surface area contributed by atoms with Gasteiger partial charge in [0.2, 0.25) is 17.9 Å². The Kier molecular flexibility index (Phi) is 8.03. The highest BCUT2D eigenvalue weighted by atomic mass is 19.4. The first kappa shape index (κ1) is 29.6. The van der Waals surface area contributed by atoms with Crippen molar-refractivity contribution >= 4 is 17.7 Å². The Labute approximate surface area is 241 Å². The first-order valence-electron chi connectivity index (χ1n) is 13.7. The zero-order valence-corrected chi connectivity index (χ0v) is 23.7. The Morgan fingerprint density at radius 1 is 1.24 bits per heavy atom. The fraction of sp³-hybridized carbons (Fsp3) is 0.500. The summed E-state index contributed by atoms with van der Waals surface area (Å²) in [7, 11) is 3.76. The van der Waals surface area contributed by atoms with Crippen LogP contribution < -0.4 is 20.7 Å². The first-order chi connectivity index (χ1) is 19.8. The molecule has 2 saturated heterocycles. The summed E-state index contributed by atoms with van der Waals surface area (Å²) in [5, 5.41) is 16.8. The molecule has 0 amide bonds. The van der Waals surface area contributed by atoms with Crippen LogP contribution in [0, 0.1) is 12.3 Å². The SMILES string of the molecule is Cc1ccn(-c2cc(CN(C)C)ccc2[C@@H](Oc2cc(N3CCC4(CC3)CNC(C(=O)O)C4)nc(N)n2)C(F)(F)F)n1. The van der Waals surface area contributed by atoms with Crippen LogP contribution in [-0.2, 0) is 11.3 Å². The highest BCUT2D eigenvalue weighted by molar-refractivity contribution is 5.74. The van der Waals surface area contributed by atoms with Gasteiger partial charge in [-0.3, -0.25) is 4.79 Å². The van der Waals surface area contributed by atoms with Crippen molar-refractivity contribution < 1.29 is 27.8 Å². The van der Waals surface area contributed by atoms with Gasteiger partial charge >= 0.3 is 12.1 Å². The van der Waals surface area contributed by atoms with Gasteiger partial charge in [0.05, 0.1) is 11.4 Å². The molecule has 1 unspecified atom stereocenters. The number of nitrogens with one attached hydrogen (secondary N) is 1. The van der Waals surface area contributed by atoms with Gasteiger partial charge in [-0.1, -0.05) is 12.1 Å². The number of anilines is 2. The normalized spacial score (nSPS) is 19.4. The van der Waals surface area contributed by atoms with E-state index in [1.807, 2.05) is 23.9 Å². The van der Waals surface area contributed by atoms with Crippen LogP contribution in [-0.4, -0.2) is 81.7 Å². The Bertz CT molecular complexity index is 1440. The van der Waals surface area contributed by atoms with E-state index in [4.69, 9.17) is 10.5 Å². The average molecular weight is 589 g/mol. The van der Waals surface area contributed by atoms with Crippen molar-refractivity contribution in [1.82, 2.24) is 30.0 Å². The monoisotopic (exact) mass is 588 g/mol. The summed E-state index contributed by atoms with van der Waals surface area (Å²) in [4.78, 5) is 23.5. The number of nitrogens with zero attached hydrogens (tertiary/aromatic N) is 6. The summed E-state index contributed by atoms with van der Waals surface area (Å²) < 4.78 is 50.9. The van der Waals surface area contributed by atoms with E-state index in [9.17, 15) is 23.1 Å². The molecule has 4 N–H and O–H groups in total. The smallest absolute Gasteiger partial charge is 0.429 e. The Balaban J connectivity index is 1.42. The Morgan fingerprint density at radius 3 is 2.57 bits per heavy atom. The van der Waals surface area contributed by atoms with E-state index in [1.165, 1.54) is 16.8 Å².